The van der Waals surface area contributed by atoms with E-state index >= 15 is 0 Å². The van der Waals surface area contributed by atoms with E-state index in [2.05, 4.69) is 15.6 Å². The zero-order chi connectivity index (χ0) is 12.8. The molecule has 17 heavy (non-hydrogen) atoms. The maximum absolute atomic E-state index is 11.5. The number of hydrogen-bond acceptors (Lipinski definition) is 4. The third kappa shape index (κ3) is 4.07. The Balaban J connectivity index is 2.33. The number of oxazole rings is 1. The first-order valence-corrected chi connectivity index (χ1v) is 5.58. The molecule has 1 aromatic rings. The Bertz CT molecular complexity index is 365. The van der Waals surface area contributed by atoms with Crippen molar-refractivity contribution in [1.82, 2.24) is 15.6 Å². The molecule has 2 amide bonds. The minimum atomic E-state index is -0.278. The monoisotopic (exact) mass is 241 g/mol. The van der Waals surface area contributed by atoms with Gasteiger partial charge < -0.3 is 20.2 Å². The van der Waals surface area contributed by atoms with Crippen LogP contribution in [-0.2, 0) is 6.54 Å². The highest BCUT2D eigenvalue weighted by Crippen LogP contribution is 2.03. The Hall–Kier alpha value is -1.56. The van der Waals surface area contributed by atoms with Crippen molar-refractivity contribution in [1.29, 1.82) is 0 Å². The average Bonchev–Trinajstić information content (AvgIpc) is 2.71. The summed E-state index contributed by atoms with van der Waals surface area (Å²) in [5, 5.41) is 14.4. The molecule has 1 heterocycles. The Morgan fingerprint density at radius 2 is 2.29 bits per heavy atom. The number of aryl methyl sites for hydroxylation is 1. The van der Waals surface area contributed by atoms with Crippen LogP contribution in [0.25, 0.3) is 0 Å². The van der Waals surface area contributed by atoms with Gasteiger partial charge in [-0.1, -0.05) is 6.92 Å². The molecule has 0 aliphatic carbocycles. The SMILES string of the molecule is Cc1ocnc1CNC(=O)NC(C)C(C)CO. The molecular formula is C11H19N3O3. The van der Waals surface area contributed by atoms with Gasteiger partial charge in [0.2, 0.25) is 0 Å². The van der Waals surface area contributed by atoms with Gasteiger partial charge in [0, 0.05) is 12.6 Å². The Morgan fingerprint density at radius 1 is 1.59 bits per heavy atom. The summed E-state index contributed by atoms with van der Waals surface area (Å²) in [5.74, 6) is 0.719. The van der Waals surface area contributed by atoms with Crippen molar-refractivity contribution in [2.24, 2.45) is 5.92 Å². The van der Waals surface area contributed by atoms with E-state index < -0.39 is 0 Å². The Kier molecular flexibility index (Phi) is 4.96. The minimum Gasteiger partial charge on any atom is -0.448 e. The van der Waals surface area contributed by atoms with Gasteiger partial charge >= 0.3 is 6.03 Å². The number of aromatic nitrogens is 1. The highest BCUT2D eigenvalue weighted by molar-refractivity contribution is 5.74. The molecule has 0 fully saturated rings. The molecule has 0 aliphatic rings. The van der Waals surface area contributed by atoms with Gasteiger partial charge in [0.1, 0.15) is 11.5 Å². The highest BCUT2D eigenvalue weighted by Gasteiger charge is 2.14. The van der Waals surface area contributed by atoms with Gasteiger partial charge in [-0.25, -0.2) is 9.78 Å². The zero-order valence-corrected chi connectivity index (χ0v) is 10.4. The van der Waals surface area contributed by atoms with E-state index in [9.17, 15) is 4.79 Å². The lowest BCUT2D eigenvalue weighted by Gasteiger charge is -2.19. The van der Waals surface area contributed by atoms with Crippen molar-refractivity contribution >= 4 is 6.03 Å². The van der Waals surface area contributed by atoms with Crippen LogP contribution in [0.3, 0.4) is 0 Å². The number of aliphatic hydroxyl groups is 1. The normalized spacial score (nSPS) is 14.1. The van der Waals surface area contributed by atoms with Crippen LogP contribution in [0.15, 0.2) is 10.8 Å². The number of carbonyl (C=O) groups is 1. The first-order valence-electron chi connectivity index (χ1n) is 5.58. The maximum Gasteiger partial charge on any atom is 0.315 e. The van der Waals surface area contributed by atoms with Crippen LogP contribution >= 0.6 is 0 Å². The quantitative estimate of drug-likeness (QED) is 0.711. The summed E-state index contributed by atoms with van der Waals surface area (Å²) in [4.78, 5) is 15.5. The van der Waals surface area contributed by atoms with Gasteiger partial charge in [-0.15, -0.1) is 0 Å². The number of carbonyl (C=O) groups excluding carboxylic acids is 1. The number of amides is 2. The van der Waals surface area contributed by atoms with E-state index in [0.29, 0.717) is 18.0 Å². The van der Waals surface area contributed by atoms with Gasteiger partial charge in [-0.05, 0) is 19.8 Å². The van der Waals surface area contributed by atoms with Crippen LogP contribution in [0.4, 0.5) is 4.79 Å². The topological polar surface area (TPSA) is 87.4 Å². The number of aliphatic hydroxyl groups excluding tert-OH is 1. The molecule has 6 heteroatoms. The molecule has 0 aliphatic heterocycles. The number of rotatable bonds is 5. The summed E-state index contributed by atoms with van der Waals surface area (Å²) >= 11 is 0. The second kappa shape index (κ2) is 6.24. The van der Waals surface area contributed by atoms with Gasteiger partial charge in [0.15, 0.2) is 6.39 Å². The minimum absolute atomic E-state index is 0.0227. The van der Waals surface area contributed by atoms with Crippen LogP contribution < -0.4 is 10.6 Å². The fourth-order valence-electron chi connectivity index (χ4n) is 1.22. The number of urea groups is 1. The lowest BCUT2D eigenvalue weighted by Crippen LogP contribution is -2.44. The summed E-state index contributed by atoms with van der Waals surface area (Å²) in [6.45, 7) is 5.88. The first-order chi connectivity index (χ1) is 8.04. The maximum atomic E-state index is 11.5. The smallest absolute Gasteiger partial charge is 0.315 e. The molecule has 0 saturated carbocycles. The predicted molar refractivity (Wildman–Crippen MR) is 62.3 cm³/mol. The summed E-state index contributed by atoms with van der Waals surface area (Å²) in [5.41, 5.74) is 0.711. The molecule has 0 saturated heterocycles. The summed E-state index contributed by atoms with van der Waals surface area (Å²) in [6.07, 6.45) is 1.35. The third-order valence-electron chi connectivity index (χ3n) is 2.76. The van der Waals surface area contributed by atoms with Gasteiger partial charge in [-0.3, -0.25) is 0 Å². The molecular weight excluding hydrogens is 222 g/mol. The van der Waals surface area contributed by atoms with Gasteiger partial charge in [0.25, 0.3) is 0 Å². The van der Waals surface area contributed by atoms with Crippen LogP contribution in [0.1, 0.15) is 25.3 Å². The summed E-state index contributed by atoms with van der Waals surface area (Å²) in [6, 6.07) is -0.362. The fraction of sp³-hybridized carbons (Fsp3) is 0.636. The van der Waals surface area contributed by atoms with Crippen molar-refractivity contribution in [2.45, 2.75) is 33.4 Å². The van der Waals surface area contributed by atoms with Gasteiger partial charge in [-0.2, -0.15) is 0 Å². The summed E-state index contributed by atoms with van der Waals surface area (Å²) in [7, 11) is 0. The second-order valence-electron chi connectivity index (χ2n) is 4.13. The zero-order valence-electron chi connectivity index (χ0n) is 10.4. The molecule has 2 atom stereocenters. The lowest BCUT2D eigenvalue weighted by molar-refractivity contribution is 0.200. The van der Waals surface area contributed by atoms with E-state index in [1.165, 1.54) is 6.39 Å². The molecule has 0 bridgehead atoms. The van der Waals surface area contributed by atoms with E-state index in [4.69, 9.17) is 9.52 Å². The van der Waals surface area contributed by atoms with Crippen LogP contribution in [0.5, 0.6) is 0 Å². The largest absolute Gasteiger partial charge is 0.448 e. The van der Waals surface area contributed by atoms with E-state index in [1.807, 2.05) is 13.8 Å². The first kappa shape index (κ1) is 13.5. The van der Waals surface area contributed by atoms with E-state index in [0.717, 1.165) is 0 Å². The molecule has 1 rings (SSSR count). The van der Waals surface area contributed by atoms with Crippen molar-refractivity contribution in [3.8, 4) is 0 Å². The molecule has 2 unspecified atom stereocenters. The summed E-state index contributed by atoms with van der Waals surface area (Å²) < 4.78 is 5.02. The van der Waals surface area contributed by atoms with E-state index in [1.54, 1.807) is 6.92 Å². The molecule has 3 N–H and O–H groups in total. The number of nitrogens with one attached hydrogen (secondary N) is 2. The number of hydrogen-bond donors (Lipinski definition) is 3. The van der Waals surface area contributed by atoms with Crippen molar-refractivity contribution in [2.75, 3.05) is 6.61 Å². The molecule has 0 radical (unpaired) electrons. The molecule has 6 nitrogen and oxygen atoms in total. The van der Waals surface area contributed by atoms with Gasteiger partial charge in [0.05, 0.1) is 6.54 Å². The Morgan fingerprint density at radius 3 is 2.82 bits per heavy atom. The fourth-order valence-corrected chi connectivity index (χ4v) is 1.22. The highest BCUT2D eigenvalue weighted by atomic mass is 16.3. The average molecular weight is 241 g/mol. The van der Waals surface area contributed by atoms with Crippen molar-refractivity contribution in [3.05, 3.63) is 17.8 Å². The molecule has 0 aromatic carbocycles. The predicted octanol–water partition coefficient (Wildman–Crippen LogP) is 0.799. The van der Waals surface area contributed by atoms with Crippen LogP contribution in [0.2, 0.25) is 0 Å². The molecule has 96 valence electrons. The van der Waals surface area contributed by atoms with E-state index in [-0.39, 0.29) is 24.6 Å². The lowest BCUT2D eigenvalue weighted by atomic mass is 10.1. The van der Waals surface area contributed by atoms with Crippen molar-refractivity contribution in [3.63, 3.8) is 0 Å². The Labute approximate surface area is 100 Å². The van der Waals surface area contributed by atoms with Crippen LogP contribution in [0, 0.1) is 12.8 Å². The van der Waals surface area contributed by atoms with Crippen molar-refractivity contribution < 1.29 is 14.3 Å². The van der Waals surface area contributed by atoms with Crippen LogP contribution in [-0.4, -0.2) is 28.8 Å². The third-order valence-corrected chi connectivity index (χ3v) is 2.76. The molecule has 1 aromatic heterocycles. The standard InChI is InChI=1S/C11H19N3O3/c1-7(5-15)8(2)14-11(16)12-4-10-9(3)17-6-13-10/h6-8,15H,4-5H2,1-3H3,(H2,12,14,16). The molecule has 0 spiro atoms. The second-order valence-corrected chi connectivity index (χ2v) is 4.13. The number of nitrogens with zero attached hydrogens (tertiary/aromatic N) is 1.